The summed E-state index contributed by atoms with van der Waals surface area (Å²) in [4.78, 5) is 4.05. The molecule has 1 aliphatic rings. The first-order valence-electron chi connectivity index (χ1n) is 2.88. The van der Waals surface area contributed by atoms with E-state index in [4.69, 9.17) is 11.8 Å². The van der Waals surface area contributed by atoms with E-state index in [1.165, 1.54) is 0 Å². The van der Waals surface area contributed by atoms with Crippen molar-refractivity contribution >= 4 is 34.3 Å². The molecule has 0 spiro atoms. The fourth-order valence-corrected chi connectivity index (χ4v) is 1.93. The molecule has 0 saturated carbocycles. The highest BCUT2D eigenvalue weighted by Crippen LogP contribution is 2.29. The van der Waals surface area contributed by atoms with Crippen molar-refractivity contribution in [3.05, 3.63) is 17.0 Å². The zero-order valence-corrected chi connectivity index (χ0v) is 6.69. The fourth-order valence-electron chi connectivity index (χ4n) is 0.882. The summed E-state index contributed by atoms with van der Waals surface area (Å²) in [5, 5.41) is 3.11. The summed E-state index contributed by atoms with van der Waals surface area (Å²) in [7, 11) is 0. The van der Waals surface area contributed by atoms with Crippen LogP contribution < -0.4 is 4.42 Å². The molecule has 10 heavy (non-hydrogen) atoms. The van der Waals surface area contributed by atoms with Gasteiger partial charge in [0.2, 0.25) is 0 Å². The summed E-state index contributed by atoms with van der Waals surface area (Å²) in [6, 6.07) is 2.01. The van der Waals surface area contributed by atoms with E-state index >= 15 is 0 Å². The van der Waals surface area contributed by atoms with Crippen LogP contribution in [0.3, 0.4) is 0 Å². The summed E-state index contributed by atoms with van der Waals surface area (Å²) in [6.45, 7) is 0.565. The number of thiophene rings is 1. The number of hydrogen-bond acceptors (Lipinski definition) is 3. The Balaban J connectivity index is 2.52. The molecule has 0 saturated heterocycles. The maximum Gasteiger partial charge on any atom is 0.126 e. The minimum atomic E-state index is 0.565. The fraction of sp³-hybridized carbons (Fsp3) is 0.167. The van der Waals surface area contributed by atoms with Crippen LogP contribution in [0.25, 0.3) is 0 Å². The Morgan fingerprint density at radius 1 is 1.70 bits per heavy atom. The Kier molecular flexibility index (Phi) is 1.39. The summed E-state index contributed by atoms with van der Waals surface area (Å²) in [5.74, 6) is 0. The van der Waals surface area contributed by atoms with Crippen molar-refractivity contribution in [3.63, 3.8) is 0 Å². The predicted octanol–water partition coefficient (Wildman–Crippen LogP) is 2.10. The molecule has 0 aromatic carbocycles. The molecule has 0 fully saturated rings. The molecule has 1 aliphatic heterocycles. The molecule has 2 rings (SSSR count). The van der Waals surface area contributed by atoms with Gasteiger partial charge < -0.3 is 0 Å². The van der Waals surface area contributed by atoms with E-state index in [9.17, 15) is 0 Å². The molecule has 0 radical (unpaired) electrons. The van der Waals surface area contributed by atoms with Crippen molar-refractivity contribution in [2.45, 2.75) is 0 Å². The van der Waals surface area contributed by atoms with Crippen LogP contribution in [0, 0.1) is 0 Å². The molecule has 52 valence electrons. The Bertz CT molecular complexity index is 268. The lowest BCUT2D eigenvalue weighted by Crippen LogP contribution is -2.13. The Morgan fingerprint density at radius 2 is 2.60 bits per heavy atom. The number of fused-ring (bicyclic) bond motifs is 1. The Morgan fingerprint density at radius 3 is 3.40 bits per heavy atom. The normalized spacial score (nSPS) is 15.5. The minimum absolute atomic E-state index is 0.565. The van der Waals surface area contributed by atoms with Gasteiger partial charge in [0.05, 0.1) is 0 Å². The van der Waals surface area contributed by atoms with E-state index in [0.717, 1.165) is 10.6 Å². The third kappa shape index (κ3) is 0.822. The molecule has 0 atom stereocenters. The summed E-state index contributed by atoms with van der Waals surface area (Å²) < 4.78 is 1.62. The maximum absolute atomic E-state index is 5.82. The summed E-state index contributed by atoms with van der Waals surface area (Å²) >= 11 is 7.45. The molecule has 0 N–H and O–H groups in total. The van der Waals surface area contributed by atoms with Crippen molar-refractivity contribution in [2.24, 2.45) is 4.99 Å². The average molecular weight is 173 g/mol. The summed E-state index contributed by atoms with van der Waals surface area (Å²) in [5.41, 5.74) is 1.12. The first kappa shape index (κ1) is 6.19. The van der Waals surface area contributed by atoms with E-state index in [0.29, 0.717) is 6.67 Å². The molecule has 1 aromatic heterocycles. The highest BCUT2D eigenvalue weighted by atomic mass is 35.5. The Labute approximate surface area is 67.9 Å². The Hall–Kier alpha value is -0.540. The molecule has 0 unspecified atom stereocenters. The highest BCUT2D eigenvalue weighted by molar-refractivity contribution is 7.15. The first-order valence-corrected chi connectivity index (χ1v) is 4.10. The third-order valence-corrected chi connectivity index (χ3v) is 2.66. The molecule has 2 heterocycles. The van der Waals surface area contributed by atoms with Gasteiger partial charge in [-0.1, -0.05) is 0 Å². The second-order valence-corrected chi connectivity index (χ2v) is 3.30. The average Bonchev–Trinajstić information content (AvgIpc) is 2.36. The van der Waals surface area contributed by atoms with Gasteiger partial charge in [0, 0.05) is 23.6 Å². The topological polar surface area (TPSA) is 15.6 Å². The van der Waals surface area contributed by atoms with Crippen molar-refractivity contribution < 1.29 is 0 Å². The van der Waals surface area contributed by atoms with Crippen molar-refractivity contribution in [2.75, 3.05) is 11.1 Å². The van der Waals surface area contributed by atoms with E-state index < -0.39 is 0 Å². The lowest BCUT2D eigenvalue weighted by Gasteiger charge is -2.14. The lowest BCUT2D eigenvalue weighted by atomic mass is 10.3. The van der Waals surface area contributed by atoms with Crippen molar-refractivity contribution in [1.82, 2.24) is 0 Å². The van der Waals surface area contributed by atoms with Crippen molar-refractivity contribution in [1.29, 1.82) is 0 Å². The van der Waals surface area contributed by atoms with Crippen LogP contribution in [-0.2, 0) is 0 Å². The van der Waals surface area contributed by atoms with Gasteiger partial charge in [-0.2, -0.15) is 0 Å². The SMILES string of the molecule is ClN1CN=Cc2ccsc21. The van der Waals surface area contributed by atoms with E-state index in [1.807, 2.05) is 17.7 Å². The van der Waals surface area contributed by atoms with Gasteiger partial charge in [-0.05, 0) is 11.4 Å². The molecule has 0 aliphatic carbocycles. The number of hydrogen-bond donors (Lipinski definition) is 0. The number of rotatable bonds is 0. The minimum Gasteiger partial charge on any atom is -0.270 e. The zero-order chi connectivity index (χ0) is 6.97. The van der Waals surface area contributed by atoms with Crippen LogP contribution in [0.2, 0.25) is 0 Å². The van der Waals surface area contributed by atoms with Crippen LogP contribution in [0.15, 0.2) is 16.4 Å². The van der Waals surface area contributed by atoms with Crippen molar-refractivity contribution in [3.8, 4) is 0 Å². The van der Waals surface area contributed by atoms with Gasteiger partial charge in [-0.3, -0.25) is 9.41 Å². The highest BCUT2D eigenvalue weighted by Gasteiger charge is 2.11. The number of nitrogens with zero attached hydrogens (tertiary/aromatic N) is 2. The molecule has 0 amide bonds. The van der Waals surface area contributed by atoms with Gasteiger partial charge in [0.25, 0.3) is 0 Å². The molecule has 0 bridgehead atoms. The second-order valence-electron chi connectivity index (χ2n) is 2.00. The third-order valence-electron chi connectivity index (χ3n) is 1.33. The monoisotopic (exact) mass is 172 g/mol. The van der Waals surface area contributed by atoms with Crippen LogP contribution in [0.1, 0.15) is 5.56 Å². The first-order chi connectivity index (χ1) is 4.88. The van der Waals surface area contributed by atoms with Crippen LogP contribution in [0.4, 0.5) is 5.00 Å². The summed E-state index contributed by atoms with van der Waals surface area (Å²) in [6.07, 6.45) is 1.85. The van der Waals surface area contributed by atoms with Crippen LogP contribution in [-0.4, -0.2) is 12.9 Å². The van der Waals surface area contributed by atoms with Gasteiger partial charge in [-0.25, -0.2) is 0 Å². The van der Waals surface area contributed by atoms with E-state index in [2.05, 4.69) is 4.99 Å². The van der Waals surface area contributed by atoms with Crippen LogP contribution >= 0.6 is 23.1 Å². The van der Waals surface area contributed by atoms with Gasteiger partial charge in [-0.15, -0.1) is 11.3 Å². The lowest BCUT2D eigenvalue weighted by molar-refractivity contribution is 1.05. The molecular weight excluding hydrogens is 168 g/mol. The van der Waals surface area contributed by atoms with Gasteiger partial charge >= 0.3 is 0 Å². The molecule has 1 aromatic rings. The van der Waals surface area contributed by atoms with Gasteiger partial charge in [0.15, 0.2) is 0 Å². The molecule has 4 heteroatoms. The van der Waals surface area contributed by atoms with Gasteiger partial charge in [0.1, 0.15) is 11.7 Å². The quantitative estimate of drug-likeness (QED) is 0.548. The maximum atomic E-state index is 5.82. The number of anilines is 1. The number of aliphatic imine (C=N–C) groups is 1. The number of halogens is 1. The molecule has 2 nitrogen and oxygen atoms in total. The zero-order valence-electron chi connectivity index (χ0n) is 5.12. The smallest absolute Gasteiger partial charge is 0.126 e. The van der Waals surface area contributed by atoms with E-state index in [1.54, 1.807) is 15.8 Å². The largest absolute Gasteiger partial charge is 0.270 e. The predicted molar refractivity (Wildman–Crippen MR) is 45.1 cm³/mol. The molecular formula is C6H5ClN2S. The second kappa shape index (κ2) is 2.25. The standard InChI is InChI=1S/C6H5ClN2S/c7-9-4-8-3-5-1-2-10-6(5)9/h1-3H,4H2. The van der Waals surface area contributed by atoms with Crippen LogP contribution in [0.5, 0.6) is 0 Å². The van der Waals surface area contributed by atoms with E-state index in [-0.39, 0.29) is 0 Å².